The summed E-state index contributed by atoms with van der Waals surface area (Å²) in [6, 6.07) is 7.94. The molecule has 2 heterocycles. The molecule has 3 rings (SSSR count). The first-order valence-electron chi connectivity index (χ1n) is 11.0. The molecule has 0 bridgehead atoms. The molecule has 0 spiro atoms. The third kappa shape index (κ3) is 6.76. The van der Waals surface area contributed by atoms with Crippen molar-refractivity contribution in [3.63, 3.8) is 0 Å². The lowest BCUT2D eigenvalue weighted by atomic mass is 10.0. The molecule has 31 heavy (non-hydrogen) atoms. The summed E-state index contributed by atoms with van der Waals surface area (Å²) < 4.78 is 19.4. The summed E-state index contributed by atoms with van der Waals surface area (Å²) in [6.07, 6.45) is 1.31. The number of aliphatic hydroxyl groups is 1. The summed E-state index contributed by atoms with van der Waals surface area (Å²) in [5.74, 6) is 0.683. The highest BCUT2D eigenvalue weighted by atomic mass is 32.1. The predicted octanol–water partition coefficient (Wildman–Crippen LogP) is 4.12. The summed E-state index contributed by atoms with van der Waals surface area (Å²) >= 11 is 1.70. The Morgan fingerprint density at radius 1 is 1.35 bits per heavy atom. The first kappa shape index (κ1) is 23.7. The van der Waals surface area contributed by atoms with Gasteiger partial charge < -0.3 is 14.7 Å². The number of amides is 1. The van der Waals surface area contributed by atoms with E-state index in [0.717, 1.165) is 24.9 Å². The number of carbonyl (C=O) groups excluding carboxylic acids is 1. The van der Waals surface area contributed by atoms with Crippen LogP contribution in [0.4, 0.5) is 4.39 Å². The van der Waals surface area contributed by atoms with Crippen LogP contribution in [0.1, 0.15) is 43.7 Å². The number of carbonyl (C=O) groups is 1. The van der Waals surface area contributed by atoms with Crippen molar-refractivity contribution in [2.75, 3.05) is 32.8 Å². The molecule has 1 aliphatic heterocycles. The van der Waals surface area contributed by atoms with Crippen LogP contribution in [0, 0.1) is 11.7 Å². The molecular formula is C24H33FN2O3S. The quantitative estimate of drug-likeness (QED) is 0.594. The van der Waals surface area contributed by atoms with Gasteiger partial charge in [-0.3, -0.25) is 9.69 Å². The molecule has 1 N–H and O–H groups in total. The average Bonchev–Trinajstić information content (AvgIpc) is 3.18. The van der Waals surface area contributed by atoms with Gasteiger partial charge in [0.2, 0.25) is 5.91 Å². The smallest absolute Gasteiger partial charge is 0.237 e. The Kier molecular flexibility index (Phi) is 8.46. The Morgan fingerprint density at radius 3 is 2.87 bits per heavy atom. The number of fused-ring (bicyclic) bond motifs is 1. The van der Waals surface area contributed by atoms with Crippen LogP contribution in [0.2, 0.25) is 0 Å². The molecule has 0 aliphatic carbocycles. The van der Waals surface area contributed by atoms with Crippen molar-refractivity contribution in [1.29, 1.82) is 0 Å². The van der Waals surface area contributed by atoms with Crippen molar-refractivity contribution < 1.29 is 19.0 Å². The zero-order chi connectivity index (χ0) is 22.4. The number of aliphatic hydroxyl groups excluding tert-OH is 1. The Balaban J connectivity index is 1.72. The number of ether oxygens (including phenoxy) is 1. The van der Waals surface area contributed by atoms with E-state index in [9.17, 15) is 14.3 Å². The molecule has 2 atom stereocenters. The van der Waals surface area contributed by atoms with Crippen molar-refractivity contribution in [3.05, 3.63) is 52.0 Å². The Morgan fingerprint density at radius 2 is 2.16 bits per heavy atom. The van der Waals surface area contributed by atoms with Crippen LogP contribution in [0.15, 0.2) is 35.7 Å². The van der Waals surface area contributed by atoms with E-state index < -0.39 is 6.10 Å². The van der Waals surface area contributed by atoms with E-state index in [2.05, 4.69) is 25.3 Å². The van der Waals surface area contributed by atoms with E-state index in [1.165, 1.54) is 17.0 Å². The van der Waals surface area contributed by atoms with Gasteiger partial charge in [-0.1, -0.05) is 19.9 Å². The lowest BCUT2D eigenvalue weighted by Crippen LogP contribution is -2.47. The molecule has 0 unspecified atom stereocenters. The summed E-state index contributed by atoms with van der Waals surface area (Å²) in [7, 11) is 0. The maximum absolute atomic E-state index is 13.5. The molecule has 170 valence electrons. The second-order valence-electron chi connectivity index (χ2n) is 8.69. The second-order valence-corrected chi connectivity index (χ2v) is 9.69. The molecule has 1 aliphatic rings. The summed E-state index contributed by atoms with van der Waals surface area (Å²) in [6.45, 7) is 8.50. The Hall–Kier alpha value is -1.96. The lowest BCUT2D eigenvalue weighted by Gasteiger charge is -2.37. The lowest BCUT2D eigenvalue weighted by molar-refractivity contribution is -0.136. The molecule has 0 radical (unpaired) electrons. The molecule has 0 saturated heterocycles. The summed E-state index contributed by atoms with van der Waals surface area (Å²) in [4.78, 5) is 18.5. The summed E-state index contributed by atoms with van der Waals surface area (Å²) in [5.41, 5.74) is 1.12. The van der Waals surface area contributed by atoms with Gasteiger partial charge in [0, 0.05) is 24.0 Å². The van der Waals surface area contributed by atoms with Crippen molar-refractivity contribution in [2.24, 2.45) is 5.92 Å². The minimum absolute atomic E-state index is 0.0362. The number of benzene rings is 1. The van der Waals surface area contributed by atoms with Crippen LogP contribution >= 0.6 is 11.3 Å². The van der Waals surface area contributed by atoms with E-state index in [-0.39, 0.29) is 30.9 Å². The van der Waals surface area contributed by atoms with Gasteiger partial charge in [-0.25, -0.2) is 4.39 Å². The fourth-order valence-corrected chi connectivity index (χ4v) is 4.87. The van der Waals surface area contributed by atoms with Crippen molar-refractivity contribution in [1.82, 2.24) is 9.80 Å². The van der Waals surface area contributed by atoms with Gasteiger partial charge in [0.05, 0.1) is 18.7 Å². The molecule has 1 amide bonds. The van der Waals surface area contributed by atoms with Crippen molar-refractivity contribution in [2.45, 2.75) is 45.8 Å². The number of hydrogen-bond acceptors (Lipinski definition) is 5. The molecule has 7 heteroatoms. The molecular weight excluding hydrogens is 415 g/mol. The number of halogens is 1. The normalized spacial score (nSPS) is 17.1. The standard InChI is InChI=1S/C24H33FN2O3S/c1-17(2)7-10-26(14-18(3)28)15-24(29)27-11-8-23-21(9-12-31-23)22(27)16-30-20-6-4-5-19(25)13-20/h4-6,9,12-13,17-18,22,28H,7-8,10-11,14-16H2,1-3H3/t18-,22+/m0/s1. The molecule has 5 nitrogen and oxygen atoms in total. The molecule has 1 aromatic heterocycles. The van der Waals surface area contributed by atoms with E-state index in [1.807, 2.05) is 9.80 Å². The Bertz CT molecular complexity index is 855. The zero-order valence-corrected chi connectivity index (χ0v) is 19.4. The van der Waals surface area contributed by atoms with Gasteiger partial charge in [-0.05, 0) is 61.4 Å². The minimum Gasteiger partial charge on any atom is -0.491 e. The Labute approximate surface area is 188 Å². The van der Waals surface area contributed by atoms with Crippen molar-refractivity contribution in [3.8, 4) is 5.75 Å². The fourth-order valence-electron chi connectivity index (χ4n) is 3.94. The maximum Gasteiger partial charge on any atom is 0.237 e. The van der Waals surface area contributed by atoms with Crippen LogP contribution < -0.4 is 4.74 Å². The highest BCUT2D eigenvalue weighted by Crippen LogP contribution is 2.34. The van der Waals surface area contributed by atoms with Crippen LogP contribution in [-0.2, 0) is 11.2 Å². The molecule has 0 fully saturated rings. The van der Waals surface area contributed by atoms with Gasteiger partial charge in [-0.2, -0.15) is 0 Å². The van der Waals surface area contributed by atoms with E-state index >= 15 is 0 Å². The average molecular weight is 449 g/mol. The third-order valence-corrected chi connectivity index (χ3v) is 6.52. The zero-order valence-electron chi connectivity index (χ0n) is 18.6. The third-order valence-electron chi connectivity index (χ3n) is 5.52. The monoisotopic (exact) mass is 448 g/mol. The van der Waals surface area contributed by atoms with E-state index in [0.29, 0.717) is 24.8 Å². The maximum atomic E-state index is 13.5. The SMILES string of the molecule is CC(C)CCN(CC(=O)N1CCc2sccc2[C@H]1COc1cccc(F)c1)C[C@H](C)O. The number of thiophene rings is 1. The number of rotatable bonds is 10. The first-order valence-corrected chi connectivity index (χ1v) is 11.9. The second kappa shape index (κ2) is 11.1. The minimum atomic E-state index is -0.489. The van der Waals surface area contributed by atoms with Crippen LogP contribution in [0.5, 0.6) is 5.75 Å². The van der Waals surface area contributed by atoms with Gasteiger partial charge in [0.25, 0.3) is 0 Å². The van der Waals surface area contributed by atoms with Gasteiger partial charge in [0.15, 0.2) is 0 Å². The van der Waals surface area contributed by atoms with Gasteiger partial charge in [-0.15, -0.1) is 11.3 Å². The van der Waals surface area contributed by atoms with Crippen LogP contribution in [-0.4, -0.2) is 59.7 Å². The highest BCUT2D eigenvalue weighted by molar-refractivity contribution is 7.10. The molecule has 1 aromatic carbocycles. The topological polar surface area (TPSA) is 53.0 Å². The largest absolute Gasteiger partial charge is 0.491 e. The first-order chi connectivity index (χ1) is 14.8. The molecule has 0 saturated carbocycles. The number of hydrogen-bond donors (Lipinski definition) is 1. The van der Waals surface area contributed by atoms with Crippen LogP contribution in [0.3, 0.4) is 0 Å². The molecule has 2 aromatic rings. The van der Waals surface area contributed by atoms with Gasteiger partial charge in [0.1, 0.15) is 18.2 Å². The van der Waals surface area contributed by atoms with Crippen molar-refractivity contribution >= 4 is 17.2 Å². The fraction of sp³-hybridized carbons (Fsp3) is 0.542. The predicted molar refractivity (Wildman–Crippen MR) is 122 cm³/mol. The highest BCUT2D eigenvalue weighted by Gasteiger charge is 2.33. The van der Waals surface area contributed by atoms with Gasteiger partial charge >= 0.3 is 0 Å². The van der Waals surface area contributed by atoms with Crippen LogP contribution in [0.25, 0.3) is 0 Å². The van der Waals surface area contributed by atoms with E-state index in [1.54, 1.807) is 30.4 Å². The number of nitrogens with zero attached hydrogens (tertiary/aromatic N) is 2. The summed E-state index contributed by atoms with van der Waals surface area (Å²) in [5, 5.41) is 11.9. The van der Waals surface area contributed by atoms with E-state index in [4.69, 9.17) is 4.74 Å².